The van der Waals surface area contributed by atoms with Gasteiger partial charge in [0.2, 0.25) is 11.8 Å². The zero-order valence-electron chi connectivity index (χ0n) is 10.2. The molecule has 1 saturated heterocycles. The lowest BCUT2D eigenvalue weighted by Gasteiger charge is -2.42. The van der Waals surface area contributed by atoms with Crippen LogP contribution in [0.25, 0.3) is 0 Å². The van der Waals surface area contributed by atoms with Gasteiger partial charge in [0.15, 0.2) is 0 Å². The molecule has 0 aromatic heterocycles. The summed E-state index contributed by atoms with van der Waals surface area (Å²) in [7, 11) is 2.03. The van der Waals surface area contributed by atoms with Gasteiger partial charge in [0, 0.05) is 18.3 Å². The summed E-state index contributed by atoms with van der Waals surface area (Å²) in [6.45, 7) is 1.56. The highest BCUT2D eigenvalue weighted by Crippen LogP contribution is 2.45. The molecule has 1 spiro atoms. The lowest BCUT2D eigenvalue weighted by molar-refractivity contribution is -0.887. The van der Waals surface area contributed by atoms with Crippen LogP contribution in [-0.4, -0.2) is 31.2 Å². The molecule has 1 amide bonds. The minimum atomic E-state index is -0.892. The highest BCUT2D eigenvalue weighted by atomic mass is 16.3. The summed E-state index contributed by atoms with van der Waals surface area (Å²) < 4.78 is 0. The van der Waals surface area contributed by atoms with Crippen molar-refractivity contribution >= 4 is 5.91 Å². The highest BCUT2D eigenvalue weighted by molar-refractivity contribution is 5.86. The van der Waals surface area contributed by atoms with Gasteiger partial charge >= 0.3 is 0 Å². The van der Waals surface area contributed by atoms with Crippen molar-refractivity contribution in [3.05, 3.63) is 11.5 Å². The molecule has 0 aromatic rings. The summed E-state index contributed by atoms with van der Waals surface area (Å²) in [4.78, 5) is 13.1. The minimum absolute atomic E-state index is 0.154. The van der Waals surface area contributed by atoms with Crippen LogP contribution in [0.15, 0.2) is 11.5 Å². The molecule has 0 saturated carbocycles. The summed E-state index contributed by atoms with van der Waals surface area (Å²) in [6.07, 6.45) is 1.13. The fraction of sp³-hybridized carbons (Fsp3) is 0.583. The number of carbonyl (C=O) groups excluding carboxylic acids is 1. The number of nitriles is 2. The van der Waals surface area contributed by atoms with Gasteiger partial charge in [-0.1, -0.05) is 0 Å². The van der Waals surface area contributed by atoms with Crippen LogP contribution in [-0.2, 0) is 4.79 Å². The maximum Gasteiger partial charge on any atom is 0.245 e. The summed E-state index contributed by atoms with van der Waals surface area (Å²) in [5.41, 5.74) is -0.656. The molecule has 0 bridgehead atoms. The molecule has 6 nitrogen and oxygen atoms in total. The number of hydrogen-bond acceptors (Lipinski definition) is 4. The van der Waals surface area contributed by atoms with E-state index in [4.69, 9.17) is 0 Å². The van der Waals surface area contributed by atoms with Crippen LogP contribution in [0.5, 0.6) is 0 Å². The number of hydrogen-bond donors (Lipinski definition) is 3. The Morgan fingerprint density at radius 3 is 2.56 bits per heavy atom. The second-order valence-electron chi connectivity index (χ2n) is 5.00. The van der Waals surface area contributed by atoms with Gasteiger partial charge < -0.3 is 10.0 Å². The summed E-state index contributed by atoms with van der Waals surface area (Å²) in [5, 5.41) is 30.4. The van der Waals surface area contributed by atoms with E-state index < -0.39 is 17.2 Å². The maximum atomic E-state index is 11.8. The van der Waals surface area contributed by atoms with Crippen LogP contribution in [0.2, 0.25) is 0 Å². The molecular weight excluding hydrogens is 232 g/mol. The number of carbonyl (C=O) groups is 1. The van der Waals surface area contributed by atoms with Crippen molar-refractivity contribution in [2.45, 2.75) is 12.8 Å². The van der Waals surface area contributed by atoms with Gasteiger partial charge in [-0.05, 0) is 0 Å². The minimum Gasteiger partial charge on any atom is -0.494 e. The van der Waals surface area contributed by atoms with Crippen LogP contribution >= 0.6 is 0 Å². The number of nitrogens with zero attached hydrogens (tertiary/aromatic N) is 2. The van der Waals surface area contributed by atoms with Crippen molar-refractivity contribution in [2.24, 2.45) is 11.3 Å². The van der Waals surface area contributed by atoms with Crippen molar-refractivity contribution in [1.29, 1.82) is 10.5 Å². The van der Waals surface area contributed by atoms with E-state index in [-0.39, 0.29) is 11.5 Å². The van der Waals surface area contributed by atoms with Gasteiger partial charge in [-0.25, -0.2) is 0 Å². The first kappa shape index (κ1) is 12.4. The first-order chi connectivity index (χ1) is 8.55. The molecule has 94 valence electrons. The molecule has 2 heterocycles. The first-order valence-corrected chi connectivity index (χ1v) is 5.91. The number of quaternary nitrogens is 1. The summed E-state index contributed by atoms with van der Waals surface area (Å²) in [6, 6.07) is 3.96. The maximum absolute atomic E-state index is 11.8. The second kappa shape index (κ2) is 4.32. The molecular formula is C12H15N4O2+. The van der Waals surface area contributed by atoms with E-state index in [1.54, 1.807) is 0 Å². The second-order valence-corrected chi connectivity index (χ2v) is 5.00. The molecule has 0 radical (unpaired) electrons. The molecule has 2 aliphatic heterocycles. The topological polar surface area (TPSA) is 101 Å². The summed E-state index contributed by atoms with van der Waals surface area (Å²) >= 11 is 0. The molecule has 2 rings (SSSR count). The SMILES string of the molecule is C[NH+]1CCC2(CC1)C(C#N)=C(O)NC(=O)[C@H]2C#N. The Hall–Kier alpha value is -2.05. The quantitative estimate of drug-likeness (QED) is 0.502. The molecule has 18 heavy (non-hydrogen) atoms. The predicted molar refractivity (Wildman–Crippen MR) is 60.8 cm³/mol. The van der Waals surface area contributed by atoms with Crippen molar-refractivity contribution in [3.8, 4) is 12.1 Å². The Morgan fingerprint density at radius 2 is 2.06 bits per heavy atom. The number of likely N-dealkylation sites (tertiary alicyclic amines) is 1. The van der Waals surface area contributed by atoms with E-state index in [0.717, 1.165) is 13.1 Å². The van der Waals surface area contributed by atoms with E-state index in [1.807, 2.05) is 19.2 Å². The van der Waals surface area contributed by atoms with Gasteiger partial charge in [0.05, 0.1) is 31.8 Å². The summed E-state index contributed by atoms with van der Waals surface area (Å²) in [5.74, 6) is -1.78. The van der Waals surface area contributed by atoms with E-state index in [1.165, 1.54) is 4.90 Å². The van der Waals surface area contributed by atoms with E-state index in [0.29, 0.717) is 12.8 Å². The number of amides is 1. The standard InChI is InChI=1S/C12H14N4O2/c1-16-4-2-12(3-5-16)8(6-13)10(17)15-11(18)9(12)7-14/h8,18H,2-5H2,1H3,(H,15,17)/p+1/t8-/m1/s1. The molecule has 2 aliphatic rings. The van der Waals surface area contributed by atoms with Crippen LogP contribution in [0.1, 0.15) is 12.8 Å². The Labute approximate surface area is 105 Å². The fourth-order valence-corrected chi connectivity index (χ4v) is 2.89. The lowest BCUT2D eigenvalue weighted by atomic mass is 9.63. The zero-order chi connectivity index (χ0) is 13.3. The normalized spacial score (nSPS) is 35.8. The van der Waals surface area contributed by atoms with E-state index >= 15 is 0 Å². The van der Waals surface area contributed by atoms with Crippen LogP contribution < -0.4 is 10.2 Å². The molecule has 0 aromatic carbocycles. The van der Waals surface area contributed by atoms with Crippen molar-refractivity contribution in [3.63, 3.8) is 0 Å². The van der Waals surface area contributed by atoms with Crippen LogP contribution in [0.3, 0.4) is 0 Å². The van der Waals surface area contributed by atoms with E-state index in [2.05, 4.69) is 5.32 Å². The van der Waals surface area contributed by atoms with Crippen molar-refractivity contribution in [2.75, 3.05) is 20.1 Å². The largest absolute Gasteiger partial charge is 0.494 e. The van der Waals surface area contributed by atoms with Crippen molar-refractivity contribution in [1.82, 2.24) is 5.32 Å². The van der Waals surface area contributed by atoms with E-state index in [9.17, 15) is 20.4 Å². The first-order valence-electron chi connectivity index (χ1n) is 5.91. The van der Waals surface area contributed by atoms with Gasteiger partial charge in [-0.2, -0.15) is 10.5 Å². The number of aliphatic hydroxyl groups is 1. The number of allylic oxidation sites excluding steroid dienone is 1. The Balaban J connectivity index is 2.51. The zero-order valence-corrected chi connectivity index (χ0v) is 10.2. The van der Waals surface area contributed by atoms with Crippen LogP contribution in [0.4, 0.5) is 0 Å². The molecule has 6 heteroatoms. The Bertz CT molecular complexity index is 489. The van der Waals surface area contributed by atoms with Crippen molar-refractivity contribution < 1.29 is 14.8 Å². The number of aliphatic hydroxyl groups excluding tert-OH is 1. The third-order valence-corrected chi connectivity index (χ3v) is 4.03. The Morgan fingerprint density at radius 1 is 1.44 bits per heavy atom. The molecule has 0 aliphatic carbocycles. The molecule has 1 fully saturated rings. The Kier molecular flexibility index (Phi) is 2.98. The fourth-order valence-electron chi connectivity index (χ4n) is 2.89. The number of piperidine rings is 1. The predicted octanol–water partition coefficient (Wildman–Crippen LogP) is -1.16. The number of nitrogens with one attached hydrogen (secondary N) is 2. The smallest absolute Gasteiger partial charge is 0.245 e. The third kappa shape index (κ3) is 1.62. The lowest BCUT2D eigenvalue weighted by Crippen LogP contribution is -3.10. The van der Waals surface area contributed by atoms with Gasteiger partial charge in [-0.3, -0.25) is 10.1 Å². The van der Waals surface area contributed by atoms with Gasteiger partial charge in [0.1, 0.15) is 12.0 Å². The van der Waals surface area contributed by atoms with Crippen LogP contribution in [0, 0.1) is 34.0 Å². The van der Waals surface area contributed by atoms with Gasteiger partial charge in [-0.15, -0.1) is 0 Å². The highest BCUT2D eigenvalue weighted by Gasteiger charge is 2.53. The molecule has 1 atom stereocenters. The third-order valence-electron chi connectivity index (χ3n) is 4.03. The molecule has 0 unspecified atom stereocenters. The molecule has 3 N–H and O–H groups in total. The average Bonchev–Trinajstić information content (AvgIpc) is 2.33. The average molecular weight is 247 g/mol. The number of rotatable bonds is 0. The van der Waals surface area contributed by atoms with Gasteiger partial charge in [0.25, 0.3) is 0 Å². The monoisotopic (exact) mass is 247 g/mol.